The molecule has 0 saturated carbocycles. The van der Waals surface area contributed by atoms with E-state index in [-0.39, 0.29) is 5.56 Å². The molecule has 124 valence electrons. The van der Waals surface area contributed by atoms with E-state index in [0.717, 1.165) is 0 Å². The Morgan fingerprint density at radius 1 is 1.17 bits per heavy atom. The fourth-order valence-electron chi connectivity index (χ4n) is 1.53. The van der Waals surface area contributed by atoms with Crippen LogP contribution in [0, 0.1) is 0 Å². The van der Waals surface area contributed by atoms with Crippen molar-refractivity contribution in [3.63, 3.8) is 0 Å². The molecule has 5 N–H and O–H groups in total. The van der Waals surface area contributed by atoms with Crippen molar-refractivity contribution in [1.29, 1.82) is 0 Å². The largest absolute Gasteiger partial charge is 0.449 e. The van der Waals surface area contributed by atoms with Gasteiger partial charge in [0.2, 0.25) is 0 Å². The van der Waals surface area contributed by atoms with Crippen molar-refractivity contribution in [3.05, 3.63) is 29.8 Å². The van der Waals surface area contributed by atoms with Gasteiger partial charge in [0.1, 0.15) is 0 Å². The van der Waals surface area contributed by atoms with Crippen LogP contribution in [0.15, 0.2) is 24.3 Å². The molecule has 1 rings (SSSR count). The fraction of sp³-hybridized carbons (Fsp3) is 0.286. The van der Waals surface area contributed by atoms with Gasteiger partial charge in [0.05, 0.1) is 5.56 Å². The quantitative estimate of drug-likeness (QED) is 0.587. The van der Waals surface area contributed by atoms with Crippen LogP contribution in [0.2, 0.25) is 0 Å². The van der Waals surface area contributed by atoms with Crippen molar-refractivity contribution in [2.24, 2.45) is 5.73 Å². The maximum atomic E-state index is 11.9. The SMILES string of the molecule is CCNC(=O)NC(=O)[C@@H](C)OC(=O)c1ccc(NC(N)=O)cc1. The topological polar surface area (TPSA) is 140 Å². The number of nitrogens with one attached hydrogen (secondary N) is 3. The van der Waals surface area contributed by atoms with E-state index in [0.29, 0.717) is 12.2 Å². The zero-order valence-corrected chi connectivity index (χ0v) is 12.7. The van der Waals surface area contributed by atoms with Gasteiger partial charge in [0, 0.05) is 12.2 Å². The van der Waals surface area contributed by atoms with Gasteiger partial charge in [-0.2, -0.15) is 0 Å². The number of rotatable bonds is 5. The highest BCUT2D eigenvalue weighted by Gasteiger charge is 2.20. The fourth-order valence-corrected chi connectivity index (χ4v) is 1.53. The molecule has 0 heterocycles. The number of carbonyl (C=O) groups is 4. The average Bonchev–Trinajstić information content (AvgIpc) is 2.47. The third-order valence-electron chi connectivity index (χ3n) is 2.62. The summed E-state index contributed by atoms with van der Waals surface area (Å²) in [6, 6.07) is 4.34. The second kappa shape index (κ2) is 8.37. The van der Waals surface area contributed by atoms with E-state index in [1.807, 2.05) is 5.32 Å². The molecule has 5 amide bonds. The predicted octanol–water partition coefficient (Wildman–Crippen LogP) is 0.568. The van der Waals surface area contributed by atoms with Gasteiger partial charge >= 0.3 is 18.0 Å². The number of esters is 1. The van der Waals surface area contributed by atoms with E-state index in [2.05, 4.69) is 10.6 Å². The summed E-state index contributed by atoms with van der Waals surface area (Å²) >= 11 is 0. The summed E-state index contributed by atoms with van der Waals surface area (Å²) in [5.74, 6) is -1.48. The van der Waals surface area contributed by atoms with Gasteiger partial charge < -0.3 is 21.1 Å². The predicted molar refractivity (Wildman–Crippen MR) is 81.7 cm³/mol. The normalized spacial score (nSPS) is 11.0. The Balaban J connectivity index is 2.59. The van der Waals surface area contributed by atoms with Crippen molar-refractivity contribution >= 4 is 29.6 Å². The van der Waals surface area contributed by atoms with Crippen LogP contribution in [0.25, 0.3) is 0 Å². The number of benzene rings is 1. The van der Waals surface area contributed by atoms with Gasteiger partial charge in [-0.15, -0.1) is 0 Å². The smallest absolute Gasteiger partial charge is 0.338 e. The zero-order chi connectivity index (χ0) is 17.4. The highest BCUT2D eigenvalue weighted by Crippen LogP contribution is 2.11. The summed E-state index contributed by atoms with van der Waals surface area (Å²) < 4.78 is 4.96. The Bertz CT molecular complexity index is 600. The van der Waals surface area contributed by atoms with E-state index in [4.69, 9.17) is 10.5 Å². The molecule has 1 atom stereocenters. The Hall–Kier alpha value is -3.10. The van der Waals surface area contributed by atoms with Gasteiger partial charge in [-0.3, -0.25) is 10.1 Å². The molecule has 0 spiro atoms. The first-order valence-electron chi connectivity index (χ1n) is 6.79. The van der Waals surface area contributed by atoms with Gasteiger partial charge in [-0.05, 0) is 38.1 Å². The molecule has 0 radical (unpaired) electrons. The van der Waals surface area contributed by atoms with Crippen molar-refractivity contribution < 1.29 is 23.9 Å². The first-order chi connectivity index (χ1) is 10.8. The molecule has 1 aromatic carbocycles. The second-order valence-corrected chi connectivity index (χ2v) is 4.46. The van der Waals surface area contributed by atoms with Crippen LogP contribution < -0.4 is 21.7 Å². The van der Waals surface area contributed by atoms with Gasteiger partial charge in [-0.25, -0.2) is 14.4 Å². The third-order valence-corrected chi connectivity index (χ3v) is 2.62. The number of nitrogens with two attached hydrogens (primary N) is 1. The summed E-state index contributed by atoms with van der Waals surface area (Å²) in [6.45, 7) is 3.40. The Morgan fingerprint density at radius 2 is 1.78 bits per heavy atom. The summed E-state index contributed by atoms with van der Waals surface area (Å²) in [6.07, 6.45) is -1.14. The number of carbonyl (C=O) groups excluding carboxylic acids is 4. The average molecular weight is 322 g/mol. The van der Waals surface area contributed by atoms with Crippen molar-refractivity contribution in [2.75, 3.05) is 11.9 Å². The van der Waals surface area contributed by atoms with Gasteiger partial charge in [-0.1, -0.05) is 0 Å². The summed E-state index contributed by atoms with van der Waals surface area (Å²) in [4.78, 5) is 45.4. The molecular formula is C14H18N4O5. The molecule has 0 unspecified atom stereocenters. The van der Waals surface area contributed by atoms with Crippen LogP contribution in [0.4, 0.5) is 15.3 Å². The van der Waals surface area contributed by atoms with E-state index in [9.17, 15) is 19.2 Å². The maximum absolute atomic E-state index is 11.9. The number of anilines is 1. The van der Waals surface area contributed by atoms with Crippen molar-refractivity contribution in [1.82, 2.24) is 10.6 Å². The molecular weight excluding hydrogens is 304 g/mol. The summed E-state index contributed by atoms with van der Waals surface area (Å²) in [7, 11) is 0. The standard InChI is InChI=1S/C14H18N4O5/c1-3-16-14(22)18-11(19)8(2)23-12(20)9-4-6-10(7-5-9)17-13(15)21/h4-8H,3H2,1-2H3,(H3,15,17,21)(H2,16,18,19,22)/t8-/m1/s1. The summed E-state index contributed by atoms with van der Waals surface area (Å²) in [5, 5.41) is 6.76. The van der Waals surface area contributed by atoms with Crippen LogP contribution in [0.3, 0.4) is 0 Å². The van der Waals surface area contributed by atoms with Crippen LogP contribution >= 0.6 is 0 Å². The Morgan fingerprint density at radius 3 is 2.30 bits per heavy atom. The minimum atomic E-state index is -1.14. The van der Waals surface area contributed by atoms with E-state index >= 15 is 0 Å². The number of hydrogen-bond donors (Lipinski definition) is 4. The minimum Gasteiger partial charge on any atom is -0.449 e. The molecule has 0 fully saturated rings. The summed E-state index contributed by atoms with van der Waals surface area (Å²) in [5.41, 5.74) is 5.56. The van der Waals surface area contributed by atoms with Crippen LogP contribution in [0.5, 0.6) is 0 Å². The first-order valence-corrected chi connectivity index (χ1v) is 6.79. The van der Waals surface area contributed by atoms with E-state index in [1.165, 1.54) is 31.2 Å². The Kier molecular flexibility index (Phi) is 6.53. The van der Waals surface area contributed by atoms with Crippen molar-refractivity contribution in [2.45, 2.75) is 20.0 Å². The van der Waals surface area contributed by atoms with Crippen LogP contribution in [-0.4, -0.2) is 36.6 Å². The number of primary amides is 1. The Labute approximate surface area is 132 Å². The maximum Gasteiger partial charge on any atom is 0.338 e. The molecule has 9 nitrogen and oxygen atoms in total. The number of imide groups is 1. The minimum absolute atomic E-state index is 0.178. The number of hydrogen-bond acceptors (Lipinski definition) is 5. The molecule has 0 aromatic heterocycles. The number of ether oxygens (including phenoxy) is 1. The molecule has 1 aromatic rings. The lowest BCUT2D eigenvalue weighted by Gasteiger charge is -2.13. The van der Waals surface area contributed by atoms with Gasteiger partial charge in [0.25, 0.3) is 5.91 Å². The molecule has 0 aliphatic heterocycles. The molecule has 23 heavy (non-hydrogen) atoms. The van der Waals surface area contributed by atoms with Crippen LogP contribution in [0.1, 0.15) is 24.2 Å². The third kappa shape index (κ3) is 6.04. The number of amides is 5. The van der Waals surface area contributed by atoms with Crippen molar-refractivity contribution in [3.8, 4) is 0 Å². The second-order valence-electron chi connectivity index (χ2n) is 4.46. The first kappa shape index (κ1) is 18.0. The highest BCUT2D eigenvalue weighted by molar-refractivity contribution is 5.98. The van der Waals surface area contributed by atoms with E-state index < -0.39 is 30.0 Å². The zero-order valence-electron chi connectivity index (χ0n) is 12.7. The van der Waals surface area contributed by atoms with Crippen LogP contribution in [-0.2, 0) is 9.53 Å². The van der Waals surface area contributed by atoms with E-state index in [1.54, 1.807) is 6.92 Å². The highest BCUT2D eigenvalue weighted by atomic mass is 16.5. The molecule has 0 aliphatic carbocycles. The monoisotopic (exact) mass is 322 g/mol. The lowest BCUT2D eigenvalue weighted by atomic mass is 10.2. The lowest BCUT2D eigenvalue weighted by Crippen LogP contribution is -2.44. The van der Waals surface area contributed by atoms with Gasteiger partial charge in [0.15, 0.2) is 6.10 Å². The molecule has 0 bridgehead atoms. The molecule has 0 saturated heterocycles. The number of urea groups is 2. The molecule has 0 aliphatic rings. The molecule has 9 heteroatoms. The lowest BCUT2D eigenvalue weighted by molar-refractivity contribution is -0.127.